The van der Waals surface area contributed by atoms with E-state index in [0.29, 0.717) is 22.8 Å². The van der Waals surface area contributed by atoms with Gasteiger partial charge < -0.3 is 4.74 Å². The molecule has 4 rings (SSSR count). The zero-order valence-electron chi connectivity index (χ0n) is 16.7. The maximum absolute atomic E-state index is 12.9. The van der Waals surface area contributed by atoms with Gasteiger partial charge in [-0.2, -0.15) is 5.01 Å². The van der Waals surface area contributed by atoms with Crippen molar-refractivity contribution in [2.75, 3.05) is 0 Å². The van der Waals surface area contributed by atoms with Crippen LogP contribution in [0.15, 0.2) is 88.2 Å². The molecular weight excluding hydrogens is 508 g/mol. The fraction of sp³-hybridized carbons (Fsp3) is 0.0417. The van der Waals surface area contributed by atoms with Crippen LogP contribution in [0.5, 0.6) is 5.75 Å². The molecule has 0 atom stereocenters. The average molecular weight is 525 g/mol. The monoisotopic (exact) mass is 524 g/mol. The second-order valence-electron chi connectivity index (χ2n) is 6.78. The Labute approximate surface area is 203 Å². The molecule has 1 aliphatic rings. The molecule has 1 heterocycles. The maximum Gasteiger partial charge on any atom is 0.285 e. The summed E-state index contributed by atoms with van der Waals surface area (Å²) in [5.41, 5.74) is 4.79. The van der Waals surface area contributed by atoms with Gasteiger partial charge in [-0.25, -0.2) is 0 Å². The minimum atomic E-state index is -0.405. The summed E-state index contributed by atoms with van der Waals surface area (Å²) in [5.74, 6) is -0.161. The molecule has 0 bridgehead atoms. The van der Waals surface area contributed by atoms with Gasteiger partial charge in [-0.1, -0.05) is 76.2 Å². The summed E-state index contributed by atoms with van der Waals surface area (Å²) in [5, 5.41) is 1.10. The molecule has 8 heteroatoms. The van der Waals surface area contributed by atoms with Crippen molar-refractivity contribution in [1.82, 2.24) is 10.4 Å². The summed E-state index contributed by atoms with van der Waals surface area (Å²) in [4.78, 5) is 25.8. The van der Waals surface area contributed by atoms with Gasteiger partial charge in [-0.3, -0.25) is 15.0 Å². The number of benzene rings is 3. The van der Waals surface area contributed by atoms with E-state index in [1.54, 1.807) is 30.3 Å². The van der Waals surface area contributed by atoms with Crippen LogP contribution >= 0.6 is 39.9 Å². The van der Waals surface area contributed by atoms with E-state index in [4.69, 9.17) is 17.0 Å². The standard InChI is InChI=1S/C24H17BrN2O3S2/c25-19-11-12-20(30-15-16-7-3-1-4-8-16)18(13-19)14-21-23(29)27(24(31)32-21)26-22(28)17-9-5-2-6-10-17/h1-14H,15H2,(H,26,28)/b21-14-. The Kier molecular flexibility index (Phi) is 7.04. The summed E-state index contributed by atoms with van der Waals surface area (Å²) in [6, 6.07) is 24.1. The second-order valence-corrected chi connectivity index (χ2v) is 9.37. The van der Waals surface area contributed by atoms with Crippen LogP contribution in [-0.4, -0.2) is 21.1 Å². The van der Waals surface area contributed by atoms with Crippen molar-refractivity contribution in [3.8, 4) is 5.75 Å². The molecule has 1 saturated heterocycles. The molecule has 160 valence electrons. The smallest absolute Gasteiger partial charge is 0.285 e. The third-order valence-electron chi connectivity index (χ3n) is 4.54. The molecule has 3 aromatic carbocycles. The van der Waals surface area contributed by atoms with Crippen LogP contribution in [0.1, 0.15) is 21.5 Å². The van der Waals surface area contributed by atoms with Crippen LogP contribution in [0, 0.1) is 0 Å². The van der Waals surface area contributed by atoms with Crippen molar-refractivity contribution in [2.45, 2.75) is 6.61 Å². The predicted octanol–water partition coefficient (Wildman–Crippen LogP) is 5.57. The number of nitrogens with zero attached hydrogens (tertiary/aromatic N) is 1. The summed E-state index contributed by atoms with van der Waals surface area (Å²) in [7, 11) is 0. The molecule has 0 saturated carbocycles. The Morgan fingerprint density at radius 3 is 2.47 bits per heavy atom. The number of nitrogens with one attached hydrogen (secondary N) is 1. The van der Waals surface area contributed by atoms with Crippen LogP contribution < -0.4 is 10.2 Å². The molecule has 2 amide bonds. The van der Waals surface area contributed by atoms with Crippen molar-refractivity contribution in [1.29, 1.82) is 0 Å². The molecule has 0 aliphatic carbocycles. The van der Waals surface area contributed by atoms with Gasteiger partial charge in [-0.15, -0.1) is 0 Å². The van der Waals surface area contributed by atoms with Gasteiger partial charge in [-0.05, 0) is 54.2 Å². The molecule has 0 spiro atoms. The number of thiocarbonyl (C=S) groups is 1. The number of hydrogen-bond acceptors (Lipinski definition) is 5. The number of thioether (sulfide) groups is 1. The molecule has 1 fully saturated rings. The Balaban J connectivity index is 1.53. The van der Waals surface area contributed by atoms with Gasteiger partial charge in [0.2, 0.25) is 0 Å². The van der Waals surface area contributed by atoms with Gasteiger partial charge in [0.25, 0.3) is 11.8 Å². The molecule has 1 N–H and O–H groups in total. The molecule has 5 nitrogen and oxygen atoms in total. The molecule has 1 aliphatic heterocycles. The van der Waals surface area contributed by atoms with Crippen molar-refractivity contribution in [3.05, 3.63) is 105 Å². The van der Waals surface area contributed by atoms with Crippen molar-refractivity contribution >= 4 is 62.1 Å². The van der Waals surface area contributed by atoms with Crippen molar-refractivity contribution < 1.29 is 14.3 Å². The highest BCUT2D eigenvalue weighted by Gasteiger charge is 2.34. The predicted molar refractivity (Wildman–Crippen MR) is 134 cm³/mol. The van der Waals surface area contributed by atoms with E-state index in [2.05, 4.69) is 21.4 Å². The number of ether oxygens (including phenoxy) is 1. The average Bonchev–Trinajstić information content (AvgIpc) is 3.07. The van der Waals surface area contributed by atoms with E-state index in [0.717, 1.165) is 32.4 Å². The summed E-state index contributed by atoms with van der Waals surface area (Å²) in [6.45, 7) is 0.400. The SMILES string of the molecule is O=C(NN1C(=O)/C(=C/c2cc(Br)ccc2OCc2ccccc2)SC1=S)c1ccccc1. The first kappa shape index (κ1) is 22.3. The topological polar surface area (TPSA) is 58.6 Å². The minimum absolute atomic E-state index is 0.257. The highest BCUT2D eigenvalue weighted by atomic mass is 79.9. The highest BCUT2D eigenvalue weighted by Crippen LogP contribution is 2.34. The lowest BCUT2D eigenvalue weighted by Crippen LogP contribution is -2.44. The number of carbonyl (C=O) groups excluding carboxylic acids is 2. The van der Waals surface area contributed by atoms with Gasteiger partial charge in [0.05, 0.1) is 4.91 Å². The largest absolute Gasteiger partial charge is 0.488 e. The first-order valence-electron chi connectivity index (χ1n) is 9.61. The summed E-state index contributed by atoms with van der Waals surface area (Å²) < 4.78 is 7.10. The van der Waals surface area contributed by atoms with Crippen LogP contribution in [0.3, 0.4) is 0 Å². The van der Waals surface area contributed by atoms with E-state index in [-0.39, 0.29) is 4.32 Å². The Morgan fingerprint density at radius 1 is 1.06 bits per heavy atom. The van der Waals surface area contributed by atoms with Gasteiger partial charge in [0.1, 0.15) is 12.4 Å². The van der Waals surface area contributed by atoms with Crippen LogP contribution in [0.2, 0.25) is 0 Å². The lowest BCUT2D eigenvalue weighted by molar-refractivity contribution is -0.123. The number of carbonyl (C=O) groups is 2. The third kappa shape index (κ3) is 5.27. The molecule has 32 heavy (non-hydrogen) atoms. The second kappa shape index (κ2) is 10.1. The molecule has 3 aromatic rings. The zero-order chi connectivity index (χ0) is 22.5. The van der Waals surface area contributed by atoms with Crippen molar-refractivity contribution in [3.63, 3.8) is 0 Å². The Morgan fingerprint density at radius 2 is 1.75 bits per heavy atom. The van der Waals surface area contributed by atoms with E-state index in [1.165, 1.54) is 0 Å². The van der Waals surface area contributed by atoms with Gasteiger partial charge >= 0.3 is 0 Å². The fourth-order valence-electron chi connectivity index (χ4n) is 2.96. The third-order valence-corrected chi connectivity index (χ3v) is 6.33. The van der Waals surface area contributed by atoms with E-state index in [9.17, 15) is 9.59 Å². The van der Waals surface area contributed by atoms with Crippen LogP contribution in [-0.2, 0) is 11.4 Å². The number of halogens is 1. The Hall–Kier alpha value is -2.94. The van der Waals surface area contributed by atoms with E-state index >= 15 is 0 Å². The van der Waals surface area contributed by atoms with Gasteiger partial charge in [0.15, 0.2) is 4.32 Å². The number of rotatable bonds is 6. The number of hydrazine groups is 1. The Bertz CT molecular complexity index is 1200. The first-order chi connectivity index (χ1) is 15.5. The highest BCUT2D eigenvalue weighted by molar-refractivity contribution is 9.10. The summed E-state index contributed by atoms with van der Waals surface area (Å²) in [6.07, 6.45) is 1.72. The van der Waals surface area contributed by atoms with Crippen LogP contribution in [0.4, 0.5) is 0 Å². The normalized spacial score (nSPS) is 14.7. The number of amides is 2. The zero-order valence-corrected chi connectivity index (χ0v) is 19.9. The van der Waals surface area contributed by atoms with E-state index in [1.807, 2.05) is 54.6 Å². The lowest BCUT2D eigenvalue weighted by Gasteiger charge is -2.15. The van der Waals surface area contributed by atoms with Gasteiger partial charge in [0, 0.05) is 15.6 Å². The number of hydrogen-bond donors (Lipinski definition) is 1. The minimum Gasteiger partial charge on any atom is -0.488 e. The van der Waals surface area contributed by atoms with Crippen molar-refractivity contribution in [2.24, 2.45) is 0 Å². The summed E-state index contributed by atoms with van der Waals surface area (Å²) >= 11 is 9.92. The molecule has 0 aromatic heterocycles. The quantitative estimate of drug-likeness (QED) is 0.337. The molecule has 0 unspecified atom stereocenters. The first-order valence-corrected chi connectivity index (χ1v) is 11.6. The maximum atomic E-state index is 12.9. The molecule has 0 radical (unpaired) electrons. The van der Waals surface area contributed by atoms with Crippen LogP contribution in [0.25, 0.3) is 6.08 Å². The fourth-order valence-corrected chi connectivity index (χ4v) is 4.51. The van der Waals surface area contributed by atoms with E-state index < -0.39 is 11.8 Å². The lowest BCUT2D eigenvalue weighted by atomic mass is 10.1. The molecular formula is C24H17BrN2O3S2.